The Balaban J connectivity index is 1.73. The summed E-state index contributed by atoms with van der Waals surface area (Å²) in [5, 5.41) is 9.18. The van der Waals surface area contributed by atoms with Gasteiger partial charge in [-0.25, -0.2) is 4.98 Å². The molecule has 1 unspecified atom stereocenters. The third-order valence-corrected chi connectivity index (χ3v) is 4.19. The Morgan fingerprint density at radius 3 is 2.90 bits per heavy atom. The first-order chi connectivity index (χ1) is 10.1. The molecule has 1 atom stereocenters. The molecule has 0 aliphatic carbocycles. The Hall–Kier alpha value is -1.66. The lowest BCUT2D eigenvalue weighted by Gasteiger charge is -2.19. The number of carboxylic acids is 1. The number of hydrogen-bond donors (Lipinski definition) is 1. The molecule has 2 heterocycles. The summed E-state index contributed by atoms with van der Waals surface area (Å²) in [4.78, 5) is 17.6. The minimum absolute atomic E-state index is 0.405. The number of aliphatic carboxylic acids is 1. The van der Waals surface area contributed by atoms with Gasteiger partial charge in [0.2, 0.25) is 5.89 Å². The second-order valence-corrected chi connectivity index (χ2v) is 6.03. The first kappa shape index (κ1) is 14.3. The van der Waals surface area contributed by atoms with Crippen LogP contribution in [0.5, 0.6) is 0 Å². The molecule has 1 aromatic carbocycles. The summed E-state index contributed by atoms with van der Waals surface area (Å²) < 4.78 is 6.50. The van der Waals surface area contributed by atoms with Gasteiger partial charge in [-0.05, 0) is 43.7 Å². The quantitative estimate of drug-likeness (QED) is 0.917. The van der Waals surface area contributed by atoms with Crippen LogP contribution >= 0.6 is 15.9 Å². The van der Waals surface area contributed by atoms with Crippen molar-refractivity contribution in [1.29, 1.82) is 0 Å². The molecule has 3 rings (SSSR count). The minimum atomic E-state index is -0.760. The van der Waals surface area contributed by atoms with E-state index >= 15 is 0 Å². The molecule has 2 aromatic rings. The van der Waals surface area contributed by atoms with Crippen LogP contribution in [0.3, 0.4) is 0 Å². The Morgan fingerprint density at radius 2 is 2.19 bits per heavy atom. The second kappa shape index (κ2) is 5.99. The highest BCUT2D eigenvalue weighted by Gasteiger charge is 2.30. The van der Waals surface area contributed by atoms with Crippen molar-refractivity contribution in [2.24, 2.45) is 0 Å². The van der Waals surface area contributed by atoms with Gasteiger partial charge in [-0.15, -0.1) is 0 Å². The van der Waals surface area contributed by atoms with Gasteiger partial charge < -0.3 is 9.52 Å². The highest BCUT2D eigenvalue weighted by atomic mass is 79.9. The number of rotatable bonds is 4. The largest absolute Gasteiger partial charge is 0.480 e. The number of oxazole rings is 1. The van der Waals surface area contributed by atoms with Gasteiger partial charge in [0, 0.05) is 16.6 Å². The van der Waals surface area contributed by atoms with Gasteiger partial charge in [-0.1, -0.05) is 15.9 Å². The zero-order chi connectivity index (χ0) is 14.8. The molecule has 1 aliphatic rings. The number of aromatic nitrogens is 1. The molecule has 1 aromatic heterocycles. The minimum Gasteiger partial charge on any atom is -0.480 e. The molecule has 6 heteroatoms. The van der Waals surface area contributed by atoms with Gasteiger partial charge in [0.1, 0.15) is 12.3 Å². The molecule has 0 radical (unpaired) electrons. The van der Waals surface area contributed by atoms with Crippen molar-refractivity contribution in [2.45, 2.75) is 25.4 Å². The van der Waals surface area contributed by atoms with E-state index in [9.17, 15) is 9.90 Å². The van der Waals surface area contributed by atoms with Gasteiger partial charge in [0.15, 0.2) is 0 Å². The van der Waals surface area contributed by atoms with Gasteiger partial charge in [-0.2, -0.15) is 0 Å². The van der Waals surface area contributed by atoms with Crippen molar-refractivity contribution in [3.63, 3.8) is 0 Å². The Kier molecular flexibility index (Phi) is 4.07. The Labute approximate surface area is 130 Å². The van der Waals surface area contributed by atoms with E-state index < -0.39 is 12.0 Å². The van der Waals surface area contributed by atoms with Crippen LogP contribution < -0.4 is 0 Å². The molecule has 1 N–H and O–H groups in total. The van der Waals surface area contributed by atoms with E-state index in [-0.39, 0.29) is 0 Å². The number of likely N-dealkylation sites (tertiary alicyclic amines) is 1. The van der Waals surface area contributed by atoms with Crippen molar-refractivity contribution in [2.75, 3.05) is 6.54 Å². The molecular formula is C15H15BrN2O3. The number of halogens is 1. The second-order valence-electron chi connectivity index (χ2n) is 5.12. The topological polar surface area (TPSA) is 66.6 Å². The Bertz CT molecular complexity index is 639. The maximum absolute atomic E-state index is 11.2. The summed E-state index contributed by atoms with van der Waals surface area (Å²) in [6.45, 7) is 1.30. The van der Waals surface area contributed by atoms with Gasteiger partial charge >= 0.3 is 5.97 Å². The van der Waals surface area contributed by atoms with Crippen molar-refractivity contribution in [3.05, 3.63) is 40.7 Å². The summed E-state index contributed by atoms with van der Waals surface area (Å²) in [6, 6.07) is 7.31. The maximum Gasteiger partial charge on any atom is 0.320 e. The SMILES string of the molecule is O=C(O)C1CCCN1Cc1coc(-c2ccc(Br)cc2)n1. The molecule has 1 saturated heterocycles. The van der Waals surface area contributed by atoms with Crippen molar-refractivity contribution >= 4 is 21.9 Å². The van der Waals surface area contributed by atoms with E-state index in [1.54, 1.807) is 6.26 Å². The van der Waals surface area contributed by atoms with E-state index in [4.69, 9.17) is 4.42 Å². The predicted molar refractivity (Wildman–Crippen MR) is 80.7 cm³/mol. The third-order valence-electron chi connectivity index (χ3n) is 3.66. The van der Waals surface area contributed by atoms with E-state index in [2.05, 4.69) is 20.9 Å². The van der Waals surface area contributed by atoms with Crippen LogP contribution in [0.15, 0.2) is 39.4 Å². The van der Waals surface area contributed by atoms with Crippen molar-refractivity contribution in [1.82, 2.24) is 9.88 Å². The zero-order valence-corrected chi connectivity index (χ0v) is 12.9. The normalized spacial score (nSPS) is 19.0. The van der Waals surface area contributed by atoms with Crippen molar-refractivity contribution < 1.29 is 14.3 Å². The van der Waals surface area contributed by atoms with Crippen LogP contribution in [0.4, 0.5) is 0 Å². The molecular weight excluding hydrogens is 336 g/mol. The van der Waals surface area contributed by atoms with Crippen LogP contribution in [-0.2, 0) is 11.3 Å². The fourth-order valence-corrected chi connectivity index (χ4v) is 2.87. The highest BCUT2D eigenvalue weighted by molar-refractivity contribution is 9.10. The lowest BCUT2D eigenvalue weighted by molar-refractivity contribution is -0.142. The molecule has 110 valence electrons. The van der Waals surface area contributed by atoms with Crippen LogP contribution in [0, 0.1) is 0 Å². The average molecular weight is 351 g/mol. The number of benzene rings is 1. The third kappa shape index (κ3) is 3.16. The highest BCUT2D eigenvalue weighted by Crippen LogP contribution is 2.24. The Morgan fingerprint density at radius 1 is 1.43 bits per heavy atom. The van der Waals surface area contributed by atoms with Crippen molar-refractivity contribution in [3.8, 4) is 11.5 Å². The molecule has 21 heavy (non-hydrogen) atoms. The fourth-order valence-electron chi connectivity index (χ4n) is 2.61. The van der Waals surface area contributed by atoms with E-state index in [1.807, 2.05) is 29.2 Å². The number of carboxylic acid groups (broad SMARTS) is 1. The molecule has 1 aliphatic heterocycles. The standard InChI is InChI=1S/C15H15BrN2O3/c16-11-5-3-10(4-6-11)14-17-12(9-21-14)8-18-7-1-2-13(18)15(19)20/h3-6,9,13H,1-2,7-8H2,(H,19,20). The first-order valence-electron chi connectivity index (χ1n) is 6.80. The number of hydrogen-bond acceptors (Lipinski definition) is 4. The monoisotopic (exact) mass is 350 g/mol. The van der Waals surface area contributed by atoms with E-state index in [1.165, 1.54) is 0 Å². The van der Waals surface area contributed by atoms with E-state index in [0.717, 1.165) is 28.7 Å². The summed E-state index contributed by atoms with van der Waals surface area (Å²) in [7, 11) is 0. The summed E-state index contributed by atoms with van der Waals surface area (Å²) in [5.74, 6) is -0.201. The first-order valence-corrected chi connectivity index (χ1v) is 7.60. The summed E-state index contributed by atoms with van der Waals surface area (Å²) in [6.07, 6.45) is 3.22. The number of carbonyl (C=O) groups is 1. The zero-order valence-electron chi connectivity index (χ0n) is 11.3. The lowest BCUT2D eigenvalue weighted by atomic mass is 10.2. The summed E-state index contributed by atoms with van der Waals surface area (Å²) >= 11 is 3.39. The smallest absolute Gasteiger partial charge is 0.320 e. The van der Waals surface area contributed by atoms with Gasteiger partial charge in [0.05, 0.1) is 5.69 Å². The molecule has 0 bridgehead atoms. The molecule has 0 amide bonds. The molecule has 0 saturated carbocycles. The van der Waals surface area contributed by atoms with Crippen LogP contribution in [0.2, 0.25) is 0 Å². The molecule has 5 nitrogen and oxygen atoms in total. The number of nitrogens with zero attached hydrogens (tertiary/aromatic N) is 2. The van der Waals surface area contributed by atoms with E-state index in [0.29, 0.717) is 18.9 Å². The lowest BCUT2D eigenvalue weighted by Crippen LogP contribution is -2.35. The van der Waals surface area contributed by atoms with Crippen LogP contribution in [0.25, 0.3) is 11.5 Å². The molecule has 0 spiro atoms. The van der Waals surface area contributed by atoms with Crippen LogP contribution in [0.1, 0.15) is 18.5 Å². The van der Waals surface area contributed by atoms with Crippen LogP contribution in [-0.4, -0.2) is 33.5 Å². The predicted octanol–water partition coefficient (Wildman–Crippen LogP) is 3.15. The summed E-state index contributed by atoms with van der Waals surface area (Å²) in [5.41, 5.74) is 1.67. The fraction of sp³-hybridized carbons (Fsp3) is 0.333. The van der Waals surface area contributed by atoms with Gasteiger partial charge in [0.25, 0.3) is 0 Å². The average Bonchev–Trinajstić information content (AvgIpc) is 3.09. The molecule has 1 fully saturated rings. The van der Waals surface area contributed by atoms with Gasteiger partial charge in [-0.3, -0.25) is 9.69 Å². The maximum atomic E-state index is 11.2.